The van der Waals surface area contributed by atoms with Gasteiger partial charge < -0.3 is 24.8 Å². The third-order valence-corrected chi connectivity index (χ3v) is 6.45. The number of benzene rings is 1. The van der Waals surface area contributed by atoms with Crippen molar-refractivity contribution in [2.45, 2.75) is 24.6 Å². The molecule has 0 aliphatic carbocycles. The summed E-state index contributed by atoms with van der Waals surface area (Å²) in [6, 6.07) is 6.31. The van der Waals surface area contributed by atoms with Crippen molar-refractivity contribution in [3.8, 4) is 11.5 Å². The van der Waals surface area contributed by atoms with Crippen molar-refractivity contribution in [2.24, 2.45) is 4.99 Å². The van der Waals surface area contributed by atoms with E-state index < -0.39 is 0 Å². The van der Waals surface area contributed by atoms with Gasteiger partial charge in [0.2, 0.25) is 0 Å². The Morgan fingerprint density at radius 3 is 2.48 bits per heavy atom. The van der Waals surface area contributed by atoms with Crippen molar-refractivity contribution < 1.29 is 14.2 Å². The molecule has 1 heterocycles. The van der Waals surface area contributed by atoms with E-state index in [1.807, 2.05) is 24.9 Å². The molecule has 8 heteroatoms. The lowest BCUT2D eigenvalue weighted by Gasteiger charge is -2.35. The Morgan fingerprint density at radius 2 is 1.90 bits per heavy atom. The molecule has 1 fully saturated rings. The Bertz CT molecular complexity index is 663. The lowest BCUT2D eigenvalue weighted by molar-refractivity contribution is 0.0169. The molecule has 1 aromatic carbocycles. The molecule has 2 N–H and O–H groups in total. The predicted molar refractivity (Wildman–Crippen MR) is 122 cm³/mol. The van der Waals surface area contributed by atoms with Crippen LogP contribution in [-0.2, 0) is 4.74 Å². The first-order chi connectivity index (χ1) is 13.9. The minimum Gasteiger partial charge on any atom is -0.493 e. The fourth-order valence-electron chi connectivity index (χ4n) is 3.19. The summed E-state index contributed by atoms with van der Waals surface area (Å²) in [4.78, 5) is 6.84. The van der Waals surface area contributed by atoms with Crippen LogP contribution < -0.4 is 20.1 Å². The van der Waals surface area contributed by atoms with E-state index in [0.717, 1.165) is 56.9 Å². The summed E-state index contributed by atoms with van der Waals surface area (Å²) in [5.41, 5.74) is 1.18. The molecule has 7 nitrogen and oxygen atoms in total. The highest BCUT2D eigenvalue weighted by Crippen LogP contribution is 2.32. The van der Waals surface area contributed by atoms with E-state index in [2.05, 4.69) is 52.8 Å². The molecule has 0 spiro atoms. The Labute approximate surface area is 179 Å². The summed E-state index contributed by atoms with van der Waals surface area (Å²) >= 11 is 1.84. The van der Waals surface area contributed by atoms with Gasteiger partial charge >= 0.3 is 0 Å². The summed E-state index contributed by atoms with van der Waals surface area (Å²) in [5, 5.41) is 6.94. The molecule has 1 unspecified atom stereocenters. The number of guanidine groups is 1. The average Bonchev–Trinajstić information content (AvgIpc) is 2.76. The third-order valence-electron chi connectivity index (χ3n) is 5.20. The monoisotopic (exact) mass is 424 g/mol. The van der Waals surface area contributed by atoms with E-state index >= 15 is 0 Å². The maximum Gasteiger partial charge on any atom is 0.191 e. The molecule has 1 atom stereocenters. The zero-order valence-corrected chi connectivity index (χ0v) is 19.4. The highest BCUT2D eigenvalue weighted by Gasteiger charge is 2.24. The molecule has 1 aliphatic heterocycles. The number of hydrogen-bond donors (Lipinski definition) is 2. The van der Waals surface area contributed by atoms with Crippen molar-refractivity contribution >= 4 is 17.7 Å². The molecule has 0 radical (unpaired) electrons. The first-order valence-electron chi connectivity index (χ1n) is 9.97. The first-order valence-corrected chi connectivity index (χ1v) is 11.2. The second-order valence-electron chi connectivity index (χ2n) is 7.55. The molecular formula is C21H36N4O3S. The molecule has 1 aliphatic rings. The average molecular weight is 425 g/mol. The maximum absolute atomic E-state index is 5.56. The van der Waals surface area contributed by atoms with Crippen molar-refractivity contribution in [3.63, 3.8) is 0 Å². The SMILES string of the molecule is CN=C(NCC(c1ccc(OC)c(OC)c1)N1CCOCC1)NCC(C)(C)SC. The number of morpholine rings is 1. The summed E-state index contributed by atoms with van der Waals surface area (Å²) in [6.07, 6.45) is 2.13. The number of nitrogens with one attached hydrogen (secondary N) is 2. The summed E-state index contributed by atoms with van der Waals surface area (Å²) < 4.78 is 16.6. The van der Waals surface area contributed by atoms with Crippen LogP contribution in [0.1, 0.15) is 25.5 Å². The number of ether oxygens (including phenoxy) is 3. The number of nitrogens with zero attached hydrogens (tertiary/aromatic N) is 2. The molecule has 1 aromatic rings. The predicted octanol–water partition coefficient (Wildman–Crippen LogP) is 2.38. The Kier molecular flexibility index (Phi) is 9.39. The Hall–Kier alpha value is -1.64. The van der Waals surface area contributed by atoms with Gasteiger partial charge in [-0.3, -0.25) is 9.89 Å². The molecule has 0 bridgehead atoms. The first kappa shape index (κ1) is 23.6. The zero-order valence-electron chi connectivity index (χ0n) is 18.6. The molecule has 1 saturated heterocycles. The van der Waals surface area contributed by atoms with Crippen LogP contribution in [0, 0.1) is 0 Å². The largest absolute Gasteiger partial charge is 0.493 e. The van der Waals surface area contributed by atoms with E-state index in [1.54, 1.807) is 14.2 Å². The van der Waals surface area contributed by atoms with Crippen LogP contribution in [-0.4, -0.2) is 82.5 Å². The minimum atomic E-state index is 0.143. The molecule has 164 valence electrons. The number of hydrogen-bond acceptors (Lipinski definition) is 6. The van der Waals surface area contributed by atoms with Gasteiger partial charge in [0.05, 0.1) is 33.5 Å². The second-order valence-corrected chi connectivity index (χ2v) is 9.06. The van der Waals surface area contributed by atoms with Gasteiger partial charge in [-0.15, -0.1) is 0 Å². The molecule has 0 amide bonds. The molecule has 0 aromatic heterocycles. The van der Waals surface area contributed by atoms with Gasteiger partial charge in [0.1, 0.15) is 0 Å². The Balaban J connectivity index is 2.14. The lowest BCUT2D eigenvalue weighted by atomic mass is 10.0. The molecular weight excluding hydrogens is 388 g/mol. The van der Waals surface area contributed by atoms with Crippen LogP contribution in [0.15, 0.2) is 23.2 Å². The van der Waals surface area contributed by atoms with Crippen LogP contribution in [0.3, 0.4) is 0 Å². The van der Waals surface area contributed by atoms with Crippen molar-refractivity contribution in [1.29, 1.82) is 0 Å². The normalized spacial score (nSPS) is 17.0. The van der Waals surface area contributed by atoms with E-state index in [0.29, 0.717) is 0 Å². The molecule has 2 rings (SSSR count). The highest BCUT2D eigenvalue weighted by molar-refractivity contribution is 7.99. The van der Waals surface area contributed by atoms with E-state index in [1.165, 1.54) is 5.56 Å². The van der Waals surface area contributed by atoms with Gasteiger partial charge in [0.25, 0.3) is 0 Å². The van der Waals surface area contributed by atoms with Crippen molar-refractivity contribution in [2.75, 3.05) is 66.9 Å². The Morgan fingerprint density at radius 1 is 1.21 bits per heavy atom. The standard InChI is InChI=1S/C21H36N4O3S/c1-21(2,29-6)15-24-20(22-3)23-14-17(25-9-11-28-12-10-25)16-7-8-18(26-4)19(13-16)27-5/h7-8,13,17H,9-12,14-15H2,1-6H3,(H2,22,23,24). The zero-order chi connectivity index (χ0) is 21.3. The van der Waals surface area contributed by atoms with Gasteiger partial charge in [0.15, 0.2) is 17.5 Å². The van der Waals surface area contributed by atoms with Gasteiger partial charge in [-0.05, 0) is 37.8 Å². The van der Waals surface area contributed by atoms with Crippen LogP contribution in [0.5, 0.6) is 11.5 Å². The van der Waals surface area contributed by atoms with E-state index in [-0.39, 0.29) is 10.8 Å². The number of thioether (sulfide) groups is 1. The van der Waals surface area contributed by atoms with Gasteiger partial charge in [-0.1, -0.05) is 6.07 Å². The van der Waals surface area contributed by atoms with Gasteiger partial charge in [-0.2, -0.15) is 11.8 Å². The number of rotatable bonds is 9. The maximum atomic E-state index is 5.56. The van der Waals surface area contributed by atoms with Gasteiger partial charge in [-0.25, -0.2) is 0 Å². The topological polar surface area (TPSA) is 67.4 Å². The third kappa shape index (κ3) is 6.97. The van der Waals surface area contributed by atoms with Crippen LogP contribution in [0.25, 0.3) is 0 Å². The molecule has 0 saturated carbocycles. The highest BCUT2D eigenvalue weighted by atomic mass is 32.2. The van der Waals surface area contributed by atoms with Crippen LogP contribution >= 0.6 is 11.8 Å². The quantitative estimate of drug-likeness (QED) is 0.466. The van der Waals surface area contributed by atoms with Gasteiger partial charge in [0, 0.05) is 38.0 Å². The summed E-state index contributed by atoms with van der Waals surface area (Å²) in [6.45, 7) is 9.30. The fourth-order valence-corrected chi connectivity index (χ4v) is 3.41. The minimum absolute atomic E-state index is 0.143. The van der Waals surface area contributed by atoms with Crippen molar-refractivity contribution in [1.82, 2.24) is 15.5 Å². The van der Waals surface area contributed by atoms with Crippen LogP contribution in [0.2, 0.25) is 0 Å². The van der Waals surface area contributed by atoms with E-state index in [4.69, 9.17) is 14.2 Å². The van der Waals surface area contributed by atoms with Crippen LogP contribution in [0.4, 0.5) is 0 Å². The smallest absolute Gasteiger partial charge is 0.191 e. The fraction of sp³-hybridized carbons (Fsp3) is 0.667. The molecule has 29 heavy (non-hydrogen) atoms. The summed E-state index contributed by atoms with van der Waals surface area (Å²) in [5.74, 6) is 2.29. The second kappa shape index (κ2) is 11.5. The number of methoxy groups -OCH3 is 2. The summed E-state index contributed by atoms with van der Waals surface area (Å²) in [7, 11) is 5.13. The van der Waals surface area contributed by atoms with E-state index in [9.17, 15) is 0 Å². The van der Waals surface area contributed by atoms with Crippen molar-refractivity contribution in [3.05, 3.63) is 23.8 Å². The number of aliphatic imine (C=N–C) groups is 1. The lowest BCUT2D eigenvalue weighted by Crippen LogP contribution is -2.48.